The molecule has 0 saturated heterocycles. The van der Waals surface area contributed by atoms with Gasteiger partial charge in [0.1, 0.15) is 0 Å². The zero-order valence-corrected chi connectivity index (χ0v) is 12.3. The van der Waals surface area contributed by atoms with Crippen molar-refractivity contribution in [1.82, 2.24) is 0 Å². The van der Waals surface area contributed by atoms with Crippen molar-refractivity contribution in [2.45, 2.75) is 26.4 Å². The third kappa shape index (κ3) is 2.34. The van der Waals surface area contributed by atoms with Crippen LogP contribution in [0.4, 0.5) is 5.69 Å². The van der Waals surface area contributed by atoms with Crippen molar-refractivity contribution in [1.29, 1.82) is 0 Å². The first-order valence-electron chi connectivity index (χ1n) is 7.24. The largest absolute Gasteiger partial charge is 0.388 e. The average Bonchev–Trinajstić information content (AvgIpc) is 2.47. The van der Waals surface area contributed by atoms with Gasteiger partial charge in [0, 0.05) is 23.4 Å². The summed E-state index contributed by atoms with van der Waals surface area (Å²) in [7, 11) is 0. The van der Waals surface area contributed by atoms with Crippen molar-refractivity contribution < 1.29 is 9.90 Å². The number of para-hydroxylation sites is 1. The van der Waals surface area contributed by atoms with Gasteiger partial charge in [0.05, 0.1) is 6.10 Å². The molecule has 3 heteroatoms. The number of rotatable bonds is 1. The zero-order chi connectivity index (χ0) is 15.0. The van der Waals surface area contributed by atoms with Crippen LogP contribution in [0.3, 0.4) is 0 Å². The van der Waals surface area contributed by atoms with Gasteiger partial charge in [-0.15, -0.1) is 0 Å². The Morgan fingerprint density at radius 3 is 2.48 bits per heavy atom. The Morgan fingerprint density at radius 2 is 1.76 bits per heavy atom. The predicted octanol–water partition coefficient (Wildman–Crippen LogP) is 3.39. The molecule has 0 aromatic heterocycles. The molecule has 0 bridgehead atoms. The normalized spacial score (nSPS) is 17.5. The molecule has 0 spiro atoms. The van der Waals surface area contributed by atoms with Crippen molar-refractivity contribution in [2.24, 2.45) is 0 Å². The number of carbonyl (C=O) groups is 1. The molecule has 1 amide bonds. The van der Waals surface area contributed by atoms with Crippen molar-refractivity contribution in [3.63, 3.8) is 0 Å². The molecule has 0 radical (unpaired) electrons. The van der Waals surface area contributed by atoms with Gasteiger partial charge in [-0.2, -0.15) is 0 Å². The van der Waals surface area contributed by atoms with Crippen LogP contribution < -0.4 is 4.90 Å². The average molecular weight is 281 g/mol. The highest BCUT2D eigenvalue weighted by molar-refractivity contribution is 6.08. The van der Waals surface area contributed by atoms with E-state index >= 15 is 0 Å². The van der Waals surface area contributed by atoms with Gasteiger partial charge in [-0.1, -0.05) is 36.4 Å². The summed E-state index contributed by atoms with van der Waals surface area (Å²) in [6.07, 6.45) is 0.0939. The molecule has 0 saturated carbocycles. The third-order valence-corrected chi connectivity index (χ3v) is 4.15. The van der Waals surface area contributed by atoms with Crippen LogP contribution in [0, 0.1) is 13.8 Å². The van der Waals surface area contributed by atoms with Crippen LogP contribution in [0.25, 0.3) is 0 Å². The standard InChI is InChI=1S/C18H19NO2/c1-12-6-5-7-13(2)17(12)18(21)19-11-10-16(20)14-8-3-4-9-15(14)19/h3-9,16,20H,10-11H2,1-2H3. The Kier molecular flexibility index (Phi) is 3.52. The molecule has 1 atom stereocenters. The van der Waals surface area contributed by atoms with E-state index in [9.17, 15) is 9.90 Å². The predicted molar refractivity (Wildman–Crippen MR) is 83.6 cm³/mol. The van der Waals surface area contributed by atoms with Gasteiger partial charge in [0.2, 0.25) is 0 Å². The molecule has 1 aliphatic heterocycles. The second-order valence-electron chi connectivity index (χ2n) is 5.59. The summed E-state index contributed by atoms with van der Waals surface area (Å²) < 4.78 is 0. The molecule has 2 aromatic rings. The van der Waals surface area contributed by atoms with Crippen molar-refractivity contribution in [2.75, 3.05) is 11.4 Å². The minimum absolute atomic E-state index is 0.0185. The van der Waals surface area contributed by atoms with Gasteiger partial charge in [0.15, 0.2) is 0 Å². The van der Waals surface area contributed by atoms with Gasteiger partial charge in [-0.3, -0.25) is 4.79 Å². The quantitative estimate of drug-likeness (QED) is 0.870. The number of aryl methyl sites for hydroxylation is 2. The number of anilines is 1. The SMILES string of the molecule is Cc1cccc(C)c1C(=O)N1CCC(O)c2ccccc21. The highest BCUT2D eigenvalue weighted by atomic mass is 16.3. The number of nitrogens with zero attached hydrogens (tertiary/aromatic N) is 1. The van der Waals surface area contributed by atoms with Crippen LogP contribution in [0.1, 0.15) is 39.6 Å². The number of carbonyl (C=O) groups excluding carboxylic acids is 1. The van der Waals surface area contributed by atoms with E-state index in [0.29, 0.717) is 13.0 Å². The molecule has 3 nitrogen and oxygen atoms in total. The molecule has 0 aliphatic carbocycles. The van der Waals surface area contributed by atoms with E-state index in [-0.39, 0.29) is 5.91 Å². The fourth-order valence-corrected chi connectivity index (χ4v) is 3.04. The van der Waals surface area contributed by atoms with Gasteiger partial charge >= 0.3 is 0 Å². The lowest BCUT2D eigenvalue weighted by atomic mass is 9.96. The monoisotopic (exact) mass is 281 g/mol. The topological polar surface area (TPSA) is 40.5 Å². The summed E-state index contributed by atoms with van der Waals surface area (Å²) in [5.41, 5.74) is 4.41. The fraction of sp³-hybridized carbons (Fsp3) is 0.278. The second-order valence-corrected chi connectivity index (χ2v) is 5.59. The number of hydrogen-bond acceptors (Lipinski definition) is 2. The van der Waals surface area contributed by atoms with Crippen LogP contribution >= 0.6 is 0 Å². The van der Waals surface area contributed by atoms with Crippen molar-refractivity contribution >= 4 is 11.6 Å². The molecule has 108 valence electrons. The molecule has 1 heterocycles. The maximum absolute atomic E-state index is 13.0. The van der Waals surface area contributed by atoms with Crippen LogP contribution in [-0.2, 0) is 0 Å². The summed E-state index contributed by atoms with van der Waals surface area (Å²) in [6.45, 7) is 4.47. The van der Waals surface area contributed by atoms with E-state index in [4.69, 9.17) is 0 Å². The first kappa shape index (κ1) is 13.8. The van der Waals surface area contributed by atoms with Gasteiger partial charge in [-0.05, 0) is 37.5 Å². The summed E-state index contributed by atoms with van der Waals surface area (Å²) in [4.78, 5) is 14.7. The van der Waals surface area contributed by atoms with Gasteiger partial charge in [0.25, 0.3) is 5.91 Å². The van der Waals surface area contributed by atoms with E-state index in [1.54, 1.807) is 4.90 Å². The Balaban J connectivity index is 2.06. The summed E-state index contributed by atoms with van der Waals surface area (Å²) >= 11 is 0. The van der Waals surface area contributed by atoms with E-state index in [2.05, 4.69) is 0 Å². The molecular weight excluding hydrogens is 262 g/mol. The lowest BCUT2D eigenvalue weighted by Gasteiger charge is -2.32. The summed E-state index contributed by atoms with van der Waals surface area (Å²) in [5.74, 6) is 0.0185. The molecule has 21 heavy (non-hydrogen) atoms. The zero-order valence-electron chi connectivity index (χ0n) is 12.3. The maximum atomic E-state index is 13.0. The highest BCUT2D eigenvalue weighted by Crippen LogP contribution is 2.34. The molecule has 3 rings (SSSR count). The molecule has 1 aliphatic rings. The number of hydrogen-bond donors (Lipinski definition) is 1. The van der Waals surface area contributed by atoms with E-state index < -0.39 is 6.10 Å². The summed E-state index contributed by atoms with van der Waals surface area (Å²) in [5, 5.41) is 10.1. The van der Waals surface area contributed by atoms with Crippen LogP contribution in [-0.4, -0.2) is 17.6 Å². The van der Waals surface area contributed by atoms with Crippen molar-refractivity contribution in [3.05, 3.63) is 64.7 Å². The van der Waals surface area contributed by atoms with E-state index in [1.165, 1.54) is 0 Å². The van der Waals surface area contributed by atoms with Gasteiger partial charge in [-0.25, -0.2) is 0 Å². The first-order chi connectivity index (χ1) is 10.1. The number of amides is 1. The molecule has 1 N–H and O–H groups in total. The lowest BCUT2D eigenvalue weighted by Crippen LogP contribution is -2.37. The Hall–Kier alpha value is -2.13. The third-order valence-electron chi connectivity index (χ3n) is 4.15. The van der Waals surface area contributed by atoms with E-state index in [0.717, 1.165) is 27.9 Å². The smallest absolute Gasteiger partial charge is 0.258 e. The Bertz CT molecular complexity index is 673. The highest BCUT2D eigenvalue weighted by Gasteiger charge is 2.29. The van der Waals surface area contributed by atoms with Crippen molar-refractivity contribution in [3.8, 4) is 0 Å². The Morgan fingerprint density at radius 1 is 1.10 bits per heavy atom. The number of benzene rings is 2. The van der Waals surface area contributed by atoms with Crippen LogP contribution in [0.5, 0.6) is 0 Å². The number of aliphatic hydroxyl groups excluding tert-OH is 1. The Labute approximate surface area is 124 Å². The number of fused-ring (bicyclic) bond motifs is 1. The first-order valence-corrected chi connectivity index (χ1v) is 7.24. The minimum atomic E-state index is -0.483. The maximum Gasteiger partial charge on any atom is 0.258 e. The summed E-state index contributed by atoms with van der Waals surface area (Å²) in [6, 6.07) is 13.5. The van der Waals surface area contributed by atoms with Gasteiger partial charge < -0.3 is 10.0 Å². The van der Waals surface area contributed by atoms with Crippen LogP contribution in [0.15, 0.2) is 42.5 Å². The molecular formula is C18H19NO2. The van der Waals surface area contributed by atoms with E-state index in [1.807, 2.05) is 56.3 Å². The number of aliphatic hydroxyl groups is 1. The van der Waals surface area contributed by atoms with Crippen LogP contribution in [0.2, 0.25) is 0 Å². The fourth-order valence-electron chi connectivity index (χ4n) is 3.04. The lowest BCUT2D eigenvalue weighted by molar-refractivity contribution is 0.0969. The minimum Gasteiger partial charge on any atom is -0.388 e. The molecule has 1 unspecified atom stereocenters. The second kappa shape index (κ2) is 5.34. The molecule has 2 aromatic carbocycles. The molecule has 0 fully saturated rings.